The topological polar surface area (TPSA) is 79.0 Å². The molecule has 1 N–H and O–H groups in total. The second kappa shape index (κ2) is 10.6. The number of carbonyl (C=O) groups excluding carboxylic acids is 3. The third-order valence-electron chi connectivity index (χ3n) is 5.02. The molecule has 172 valence electrons. The van der Waals surface area contributed by atoms with Gasteiger partial charge in [-0.3, -0.25) is 4.79 Å². The molecular formula is C24H37N3O4. The zero-order valence-corrected chi connectivity index (χ0v) is 19.7. The van der Waals surface area contributed by atoms with Gasteiger partial charge in [0.2, 0.25) is 5.91 Å². The molecule has 1 aliphatic rings. The van der Waals surface area contributed by atoms with Gasteiger partial charge in [-0.1, -0.05) is 51.1 Å². The van der Waals surface area contributed by atoms with Gasteiger partial charge < -0.3 is 10.1 Å². The van der Waals surface area contributed by atoms with Crippen molar-refractivity contribution in [3.63, 3.8) is 0 Å². The fourth-order valence-electron chi connectivity index (χ4n) is 3.64. The van der Waals surface area contributed by atoms with Crippen LogP contribution in [0.25, 0.3) is 0 Å². The highest BCUT2D eigenvalue weighted by molar-refractivity contribution is 5.86. The van der Waals surface area contributed by atoms with Gasteiger partial charge in [0.15, 0.2) is 0 Å². The maximum Gasteiger partial charge on any atom is 0.337 e. The number of rotatable bonds is 7. The molecule has 1 fully saturated rings. The molecule has 0 radical (unpaired) electrons. The van der Waals surface area contributed by atoms with E-state index in [4.69, 9.17) is 4.74 Å². The van der Waals surface area contributed by atoms with Crippen LogP contribution in [0, 0.1) is 11.8 Å². The van der Waals surface area contributed by atoms with Crippen LogP contribution in [0.2, 0.25) is 0 Å². The summed E-state index contributed by atoms with van der Waals surface area (Å²) in [6.07, 6.45) is 1.78. The fourth-order valence-corrected chi connectivity index (χ4v) is 3.64. The molecule has 7 heteroatoms. The molecule has 0 unspecified atom stereocenters. The summed E-state index contributed by atoms with van der Waals surface area (Å²) in [5.41, 5.74) is 0.444. The quantitative estimate of drug-likeness (QED) is 0.667. The van der Waals surface area contributed by atoms with Crippen LogP contribution in [0.1, 0.15) is 59.9 Å². The minimum atomic E-state index is -0.758. The van der Waals surface area contributed by atoms with E-state index in [-0.39, 0.29) is 17.7 Å². The van der Waals surface area contributed by atoms with Crippen molar-refractivity contribution < 1.29 is 19.1 Å². The zero-order chi connectivity index (χ0) is 23.2. The lowest BCUT2D eigenvalue weighted by atomic mass is 10.0. The van der Waals surface area contributed by atoms with Crippen molar-refractivity contribution in [1.29, 1.82) is 0 Å². The molecule has 0 spiro atoms. The monoisotopic (exact) mass is 431 g/mol. The Morgan fingerprint density at radius 2 is 1.65 bits per heavy atom. The zero-order valence-electron chi connectivity index (χ0n) is 19.7. The Morgan fingerprint density at radius 3 is 2.23 bits per heavy atom. The number of hydrazine groups is 1. The molecule has 2 rings (SSSR count). The van der Waals surface area contributed by atoms with Gasteiger partial charge in [-0.15, -0.1) is 0 Å². The standard InChI is InChI=1S/C24H37N3O4/c1-17(2)15-20(22(29)31-24(4,5)6)25-23(30)27-14-10-13-26(27)21(28)18(3)16-19-11-8-7-9-12-19/h7-9,11-12,17-18,20H,10,13-16H2,1-6H3,(H,25,30)/t18-,20-/m0/s1. The van der Waals surface area contributed by atoms with E-state index in [2.05, 4.69) is 5.32 Å². The van der Waals surface area contributed by atoms with Crippen LogP contribution in [0.5, 0.6) is 0 Å². The van der Waals surface area contributed by atoms with Crippen LogP contribution < -0.4 is 5.32 Å². The van der Waals surface area contributed by atoms with E-state index < -0.39 is 23.6 Å². The SMILES string of the molecule is CC(C)C[C@H](NC(=O)N1CCCN1C(=O)[C@@H](C)Cc1ccccc1)C(=O)OC(C)(C)C. The Bertz CT molecular complexity index is 758. The van der Waals surface area contributed by atoms with E-state index in [1.54, 1.807) is 20.8 Å². The normalized spacial score (nSPS) is 16.2. The van der Waals surface area contributed by atoms with E-state index >= 15 is 0 Å². The summed E-state index contributed by atoms with van der Waals surface area (Å²) in [5, 5.41) is 5.76. The molecular weight excluding hydrogens is 394 g/mol. The molecule has 1 heterocycles. The molecule has 0 aromatic heterocycles. The summed E-state index contributed by atoms with van der Waals surface area (Å²) in [4.78, 5) is 38.7. The largest absolute Gasteiger partial charge is 0.458 e. The number of carbonyl (C=O) groups is 3. The van der Waals surface area contributed by atoms with Crippen molar-refractivity contribution in [2.75, 3.05) is 13.1 Å². The molecule has 1 saturated heterocycles. The molecule has 0 bridgehead atoms. The van der Waals surface area contributed by atoms with Crippen LogP contribution >= 0.6 is 0 Å². The highest BCUT2D eigenvalue weighted by Crippen LogP contribution is 2.19. The maximum atomic E-state index is 13.1. The van der Waals surface area contributed by atoms with Gasteiger partial charge in [0.05, 0.1) is 0 Å². The average Bonchev–Trinajstić information content (AvgIpc) is 3.15. The molecule has 3 amide bonds. The lowest BCUT2D eigenvalue weighted by Gasteiger charge is -2.32. The van der Waals surface area contributed by atoms with Crippen LogP contribution in [0.3, 0.4) is 0 Å². The number of benzene rings is 1. The highest BCUT2D eigenvalue weighted by Gasteiger charge is 2.35. The minimum absolute atomic E-state index is 0.0887. The summed E-state index contributed by atoms with van der Waals surface area (Å²) in [6.45, 7) is 12.2. The number of ether oxygens (including phenoxy) is 1. The Balaban J connectivity index is 2.05. The first-order valence-electron chi connectivity index (χ1n) is 11.1. The minimum Gasteiger partial charge on any atom is -0.458 e. The van der Waals surface area contributed by atoms with E-state index in [1.807, 2.05) is 51.1 Å². The van der Waals surface area contributed by atoms with Crippen molar-refractivity contribution in [1.82, 2.24) is 15.3 Å². The van der Waals surface area contributed by atoms with E-state index in [0.717, 1.165) is 5.56 Å². The number of hydrogen-bond acceptors (Lipinski definition) is 4. The molecule has 31 heavy (non-hydrogen) atoms. The lowest BCUT2D eigenvalue weighted by Crippen LogP contribution is -2.55. The van der Waals surface area contributed by atoms with Crippen molar-refractivity contribution >= 4 is 17.9 Å². The van der Waals surface area contributed by atoms with E-state index in [0.29, 0.717) is 32.4 Å². The predicted octanol–water partition coefficient (Wildman–Crippen LogP) is 3.78. The molecule has 2 atom stereocenters. The average molecular weight is 432 g/mol. The van der Waals surface area contributed by atoms with Crippen molar-refractivity contribution in [2.45, 2.75) is 72.4 Å². The van der Waals surface area contributed by atoms with E-state index in [1.165, 1.54) is 10.0 Å². The van der Waals surface area contributed by atoms with Crippen LogP contribution in [0.15, 0.2) is 30.3 Å². The van der Waals surface area contributed by atoms with Gasteiger partial charge in [-0.25, -0.2) is 19.6 Å². The Hall–Kier alpha value is -2.57. The van der Waals surface area contributed by atoms with E-state index in [9.17, 15) is 14.4 Å². The number of esters is 1. The smallest absolute Gasteiger partial charge is 0.337 e. The molecule has 7 nitrogen and oxygen atoms in total. The summed E-state index contributed by atoms with van der Waals surface area (Å²) < 4.78 is 5.49. The van der Waals surface area contributed by atoms with Gasteiger partial charge in [0, 0.05) is 19.0 Å². The van der Waals surface area contributed by atoms with Gasteiger partial charge in [0.25, 0.3) is 0 Å². The first kappa shape index (κ1) is 24.7. The number of nitrogens with one attached hydrogen (secondary N) is 1. The van der Waals surface area contributed by atoms with Gasteiger partial charge in [-0.05, 0) is 51.5 Å². The van der Waals surface area contributed by atoms with Gasteiger partial charge in [0.1, 0.15) is 11.6 Å². The number of nitrogens with zero attached hydrogens (tertiary/aromatic N) is 2. The summed E-state index contributed by atoms with van der Waals surface area (Å²) in [6, 6.07) is 8.65. The lowest BCUT2D eigenvalue weighted by molar-refractivity contribution is -0.157. The second-order valence-corrected chi connectivity index (χ2v) is 9.69. The predicted molar refractivity (Wildman–Crippen MR) is 120 cm³/mol. The molecule has 1 aromatic carbocycles. The van der Waals surface area contributed by atoms with Crippen LogP contribution in [0.4, 0.5) is 4.79 Å². The summed E-state index contributed by atoms with van der Waals surface area (Å²) in [7, 11) is 0. The summed E-state index contributed by atoms with van der Waals surface area (Å²) >= 11 is 0. The molecule has 0 aliphatic carbocycles. The number of hydrogen-bond donors (Lipinski definition) is 1. The maximum absolute atomic E-state index is 13.1. The first-order chi connectivity index (χ1) is 14.5. The van der Waals surface area contributed by atoms with Crippen LogP contribution in [-0.4, -0.2) is 52.7 Å². The Morgan fingerprint density at radius 1 is 1.03 bits per heavy atom. The van der Waals surface area contributed by atoms with Crippen LogP contribution in [-0.2, 0) is 20.7 Å². The third kappa shape index (κ3) is 7.56. The van der Waals surface area contributed by atoms with Gasteiger partial charge >= 0.3 is 12.0 Å². The fraction of sp³-hybridized carbons (Fsp3) is 0.625. The third-order valence-corrected chi connectivity index (χ3v) is 5.02. The number of urea groups is 1. The molecule has 1 aliphatic heterocycles. The Kier molecular flexibility index (Phi) is 8.48. The van der Waals surface area contributed by atoms with Gasteiger partial charge in [-0.2, -0.15) is 0 Å². The number of amides is 3. The van der Waals surface area contributed by atoms with Crippen molar-refractivity contribution in [3.8, 4) is 0 Å². The Labute approximate surface area is 186 Å². The van der Waals surface area contributed by atoms with Crippen molar-refractivity contribution in [3.05, 3.63) is 35.9 Å². The second-order valence-electron chi connectivity index (χ2n) is 9.69. The first-order valence-corrected chi connectivity index (χ1v) is 11.1. The van der Waals surface area contributed by atoms with Crippen molar-refractivity contribution in [2.24, 2.45) is 11.8 Å². The summed E-state index contributed by atoms with van der Waals surface area (Å²) in [5.74, 6) is -0.605. The highest BCUT2D eigenvalue weighted by atomic mass is 16.6. The molecule has 1 aromatic rings. The molecule has 0 saturated carbocycles.